The molecule has 0 radical (unpaired) electrons. The summed E-state index contributed by atoms with van der Waals surface area (Å²) in [4.78, 5) is 3.61. The molecule has 0 atom stereocenters. The van der Waals surface area contributed by atoms with E-state index in [1.807, 2.05) is 121 Å². The molecule has 0 aliphatic carbocycles. The third kappa shape index (κ3) is 4.97. The molecular weight excluding hydrogens is 881 g/mol. The maximum Gasteiger partial charge on any atom is 0.135 e. The molecule has 6 aromatic heterocycles. The number of hydrogen-bond donors (Lipinski definition) is 0. The molecule has 11 aromatic carbocycles. The Morgan fingerprint density at radius 3 is 1.17 bits per heavy atom. The highest BCUT2D eigenvalue weighted by atomic mass is 16.3. The van der Waals surface area contributed by atoms with Crippen molar-refractivity contribution < 1.29 is 22.5 Å². The third-order valence-electron chi connectivity index (χ3n) is 14.9. The van der Waals surface area contributed by atoms with Crippen molar-refractivity contribution in [1.29, 1.82) is 0 Å². The van der Waals surface area contributed by atoms with E-state index in [-0.39, 0.29) is 35.5 Å². The quantitative estimate of drug-likeness (QED) is 0.167. The van der Waals surface area contributed by atoms with Gasteiger partial charge in [0.25, 0.3) is 0 Å². The van der Waals surface area contributed by atoms with Gasteiger partial charge in [-0.15, -0.1) is 0 Å². The monoisotopic (exact) mass is 928 g/mol. The molecule has 0 unspecified atom stereocenters. The van der Waals surface area contributed by atoms with Gasteiger partial charge in [0, 0.05) is 87.4 Å². The van der Waals surface area contributed by atoms with Gasteiger partial charge in [0.1, 0.15) is 22.3 Å². The number of anilines is 6. The van der Waals surface area contributed by atoms with Crippen molar-refractivity contribution >= 4 is 154 Å². The van der Waals surface area contributed by atoms with Crippen molar-refractivity contribution in [3.63, 3.8) is 0 Å². The van der Waals surface area contributed by atoms with E-state index in [0.717, 1.165) is 97.7 Å². The van der Waals surface area contributed by atoms with Crippen LogP contribution in [0.3, 0.4) is 0 Å². The predicted molar refractivity (Wildman–Crippen MR) is 300 cm³/mol. The summed E-state index contributed by atoms with van der Waals surface area (Å²) in [6.07, 6.45) is 0. The number of nitrogens with zero attached hydrogens (tertiary/aromatic N) is 4. The van der Waals surface area contributed by atoms with Crippen molar-refractivity contribution in [1.82, 2.24) is 8.80 Å². The average Bonchev–Trinajstić information content (AvgIpc) is 1.77. The number of benzene rings is 11. The van der Waals surface area contributed by atoms with Crippen LogP contribution in [0.25, 0.3) is 120 Å². The minimum atomic E-state index is -0.480. The highest BCUT2D eigenvalue weighted by Crippen LogP contribution is 2.52. The zero-order valence-electron chi connectivity index (χ0n) is 47.8. The Hall–Kier alpha value is -9.78. The fourth-order valence-electron chi connectivity index (χ4n) is 12.0. The first-order valence-electron chi connectivity index (χ1n) is 28.8. The van der Waals surface area contributed by atoms with E-state index in [9.17, 15) is 5.48 Å². The van der Waals surface area contributed by atoms with Gasteiger partial charge in [-0.3, -0.25) is 0 Å². The largest absolute Gasteiger partial charge is 0.456 e. The summed E-state index contributed by atoms with van der Waals surface area (Å²) in [6, 6.07) is 51.8. The van der Waals surface area contributed by atoms with Gasteiger partial charge in [0.15, 0.2) is 0 Å². The Morgan fingerprint density at radius 2 is 0.708 bits per heavy atom. The van der Waals surface area contributed by atoms with Crippen LogP contribution in [-0.2, 0) is 0 Å². The molecule has 72 heavy (non-hydrogen) atoms. The summed E-state index contributed by atoms with van der Waals surface area (Å²) >= 11 is 0. The van der Waals surface area contributed by atoms with Crippen LogP contribution in [0.2, 0.25) is 0 Å². The van der Waals surface area contributed by atoms with Crippen LogP contribution in [0.4, 0.5) is 34.1 Å². The summed E-state index contributed by atoms with van der Waals surface area (Å²) < 4.78 is 108. The van der Waals surface area contributed by atoms with E-state index in [1.54, 1.807) is 9.80 Å². The van der Waals surface area contributed by atoms with Crippen LogP contribution in [0, 0.1) is 0 Å². The van der Waals surface area contributed by atoms with Crippen molar-refractivity contribution in [3.8, 4) is 0 Å². The van der Waals surface area contributed by atoms with Gasteiger partial charge in [0.2, 0.25) is 0 Å². The van der Waals surface area contributed by atoms with Crippen LogP contribution in [0.5, 0.6) is 0 Å². The van der Waals surface area contributed by atoms with Gasteiger partial charge in [-0.2, -0.15) is 0 Å². The number of hydrogen-bond acceptors (Lipinski definition) is 4. The molecule has 0 saturated heterocycles. The standard InChI is InChI=1S/C66H38N4O2/c1-3-15-39(16-4-1)67(41-27-33-61-51(35-41)43-19-9-13-25-59(43)71-61)55-31-29-45-49-37-58-50(38-57(49)69-53-23-11-7-21-47(53)63(55)65(45)69)46-30-32-56(64-48-22-8-12-24-54(48)70(58)66(46)64)68(40-17-5-2-6-18-40)42-28-34-62-52(36-42)44-20-10-14-26-60(44)72-62/h1-38H/i1D,2D,3D,4D,5D,6D,15D,16D,17D,18D. The van der Waals surface area contributed by atoms with Crippen LogP contribution in [0.1, 0.15) is 13.7 Å². The van der Waals surface area contributed by atoms with Gasteiger partial charge in [0.05, 0.1) is 58.2 Å². The van der Waals surface area contributed by atoms with E-state index in [4.69, 9.17) is 17.1 Å². The van der Waals surface area contributed by atoms with E-state index in [0.29, 0.717) is 45.1 Å². The Morgan fingerprint density at radius 1 is 0.306 bits per heavy atom. The molecule has 0 bridgehead atoms. The Kier molecular flexibility index (Phi) is 5.80. The van der Waals surface area contributed by atoms with Crippen LogP contribution in [-0.4, -0.2) is 8.80 Å². The maximum absolute atomic E-state index is 9.42. The minimum absolute atomic E-state index is 0.0138. The van der Waals surface area contributed by atoms with Gasteiger partial charge >= 0.3 is 0 Å². The molecule has 0 N–H and O–H groups in total. The number of rotatable bonds is 6. The van der Waals surface area contributed by atoms with Crippen LogP contribution < -0.4 is 9.80 Å². The molecule has 17 aromatic rings. The first-order valence-corrected chi connectivity index (χ1v) is 23.8. The summed E-state index contributed by atoms with van der Waals surface area (Å²) in [5.41, 5.74) is 10.7. The first-order chi connectivity index (χ1) is 39.9. The number of para-hydroxylation sites is 6. The summed E-state index contributed by atoms with van der Waals surface area (Å²) in [6.45, 7) is 0. The molecule has 17 rings (SSSR count). The molecule has 6 heteroatoms. The van der Waals surface area contributed by atoms with Crippen LogP contribution in [0.15, 0.2) is 239 Å². The molecule has 6 heterocycles. The fraction of sp³-hybridized carbons (Fsp3) is 0. The maximum atomic E-state index is 9.42. The molecule has 0 fully saturated rings. The van der Waals surface area contributed by atoms with E-state index < -0.39 is 36.3 Å². The molecule has 6 nitrogen and oxygen atoms in total. The Labute approximate surface area is 424 Å². The number of fused-ring (bicyclic) bond motifs is 18. The highest BCUT2D eigenvalue weighted by Gasteiger charge is 2.28. The van der Waals surface area contributed by atoms with Crippen molar-refractivity contribution in [2.75, 3.05) is 9.80 Å². The number of aromatic nitrogens is 2. The molecule has 0 saturated carbocycles. The van der Waals surface area contributed by atoms with Gasteiger partial charge in [-0.25, -0.2) is 0 Å². The highest BCUT2D eigenvalue weighted by molar-refractivity contribution is 6.32. The second-order valence-corrected chi connectivity index (χ2v) is 18.5. The summed E-state index contributed by atoms with van der Waals surface area (Å²) in [7, 11) is 0. The Balaban J connectivity index is 0.952. The van der Waals surface area contributed by atoms with Gasteiger partial charge in [-0.1, -0.05) is 121 Å². The van der Waals surface area contributed by atoms with Crippen molar-refractivity contribution in [2.45, 2.75) is 0 Å². The molecular formula is C66H38N4O2. The molecule has 0 aliphatic heterocycles. The van der Waals surface area contributed by atoms with E-state index in [1.165, 1.54) is 0 Å². The normalized spacial score (nSPS) is 14.4. The topological polar surface area (TPSA) is 41.6 Å². The second-order valence-electron chi connectivity index (χ2n) is 18.5. The van der Waals surface area contributed by atoms with Crippen molar-refractivity contribution in [3.05, 3.63) is 230 Å². The summed E-state index contributed by atoms with van der Waals surface area (Å²) in [5.74, 6) is 0. The van der Waals surface area contributed by atoms with Gasteiger partial charge < -0.3 is 27.4 Å². The third-order valence-corrected chi connectivity index (χ3v) is 14.9. The average molecular weight is 929 g/mol. The SMILES string of the molecule is [2H]c1c([2H])c([2H])c(N(c2ccc3oc4ccccc4c3c2)c2ccc3c4cc5c(cc4n4c6ccccc6c2c34)c2ccc(N(c3ccc4oc6ccccc6c4c3)c3c([2H])c([2H])c([2H])c([2H])c3[2H])c3c4ccccc4n5c23)c([2H])c1[2H]. The van der Waals surface area contributed by atoms with E-state index >= 15 is 0 Å². The van der Waals surface area contributed by atoms with Crippen LogP contribution >= 0.6 is 0 Å². The zero-order chi connectivity index (χ0) is 55.5. The zero-order valence-corrected chi connectivity index (χ0v) is 37.8. The lowest BCUT2D eigenvalue weighted by Crippen LogP contribution is -2.10. The van der Waals surface area contributed by atoms with Gasteiger partial charge in [-0.05, 0) is 109 Å². The lowest BCUT2D eigenvalue weighted by Gasteiger charge is -2.26. The second kappa shape index (κ2) is 13.9. The minimum Gasteiger partial charge on any atom is -0.456 e. The van der Waals surface area contributed by atoms with E-state index in [2.05, 4.69) is 57.3 Å². The molecule has 0 amide bonds. The number of furan rings is 2. The molecule has 0 spiro atoms. The smallest absolute Gasteiger partial charge is 0.135 e. The molecule has 334 valence electrons. The molecule has 0 aliphatic rings. The lowest BCUT2D eigenvalue weighted by molar-refractivity contribution is 0.668. The lowest BCUT2D eigenvalue weighted by atomic mass is 10.0. The summed E-state index contributed by atoms with van der Waals surface area (Å²) in [5, 5.41) is 10.7. The predicted octanol–water partition coefficient (Wildman–Crippen LogP) is 18.7. The Bertz CT molecular complexity index is 5300. The fourth-order valence-corrected chi connectivity index (χ4v) is 12.0. The first kappa shape index (κ1) is 30.0. The van der Waals surface area contributed by atoms with Crippen molar-refractivity contribution in [2.24, 2.45) is 0 Å².